The van der Waals surface area contributed by atoms with E-state index in [2.05, 4.69) is 21.0 Å². The average molecular weight is 401 g/mol. The maximum Gasteiger partial charge on any atom is 0.247 e. The minimum atomic E-state index is -0.574. The second kappa shape index (κ2) is 7.98. The van der Waals surface area contributed by atoms with Crippen LogP contribution in [0.3, 0.4) is 0 Å². The van der Waals surface area contributed by atoms with E-state index >= 15 is 0 Å². The Bertz CT molecular complexity index is 805. The van der Waals surface area contributed by atoms with Crippen molar-refractivity contribution < 1.29 is 14.3 Å². The number of para-hydroxylation sites is 1. The van der Waals surface area contributed by atoms with Gasteiger partial charge in [-0.15, -0.1) is 5.10 Å². The van der Waals surface area contributed by atoms with Crippen molar-refractivity contribution in [2.24, 2.45) is 5.10 Å². The fourth-order valence-corrected chi connectivity index (χ4v) is 2.68. The minimum Gasteiger partial charge on any atom is -0.483 e. The third-order valence-electron chi connectivity index (χ3n) is 3.48. The first-order chi connectivity index (χ1) is 12.1. The van der Waals surface area contributed by atoms with Gasteiger partial charge in [0.2, 0.25) is 18.0 Å². The van der Waals surface area contributed by atoms with Gasteiger partial charge in [0, 0.05) is 6.92 Å². The Labute approximate surface area is 154 Å². The Morgan fingerprint density at radius 3 is 2.68 bits per heavy atom. The number of carbonyl (C=O) groups excluding carboxylic acids is 1. The van der Waals surface area contributed by atoms with Gasteiger partial charge in [-0.2, -0.15) is 5.01 Å². The van der Waals surface area contributed by atoms with Crippen LogP contribution in [-0.4, -0.2) is 29.6 Å². The van der Waals surface area contributed by atoms with Crippen LogP contribution < -0.4 is 4.74 Å². The van der Waals surface area contributed by atoms with E-state index in [1.54, 1.807) is 6.08 Å². The Morgan fingerprint density at radius 1 is 1.24 bits per heavy atom. The normalized spacial score (nSPS) is 16.6. The quantitative estimate of drug-likeness (QED) is 0.760. The van der Waals surface area contributed by atoms with E-state index in [1.807, 2.05) is 60.7 Å². The topological polar surface area (TPSA) is 51.1 Å². The third-order valence-corrected chi connectivity index (χ3v) is 4.14. The van der Waals surface area contributed by atoms with Crippen molar-refractivity contribution in [2.75, 3.05) is 6.61 Å². The van der Waals surface area contributed by atoms with Crippen molar-refractivity contribution in [2.45, 2.75) is 13.2 Å². The molecule has 0 spiro atoms. The molecule has 0 saturated carbocycles. The summed E-state index contributed by atoms with van der Waals surface area (Å²) in [6.07, 6.45) is 3.12. The van der Waals surface area contributed by atoms with Crippen molar-refractivity contribution >= 4 is 33.8 Å². The fourth-order valence-electron chi connectivity index (χ4n) is 2.28. The number of ether oxygens (including phenoxy) is 2. The average Bonchev–Trinajstić information content (AvgIpc) is 3.04. The molecule has 0 aliphatic carbocycles. The Kier molecular flexibility index (Phi) is 5.50. The number of hydrogen-bond donors (Lipinski definition) is 0. The molecule has 1 atom stereocenters. The van der Waals surface area contributed by atoms with E-state index in [0.29, 0.717) is 11.6 Å². The standard InChI is InChI=1S/C19H17BrN2O3/c1-14(23)22-19(12-11-15-7-3-2-4-8-15)25-18(21-22)13-24-17-10-6-5-9-16(17)20/h2-12,19H,13H2,1H3/b12-11+. The molecule has 0 bridgehead atoms. The van der Waals surface area contributed by atoms with Crippen LogP contribution in [0.15, 0.2) is 70.2 Å². The predicted octanol–water partition coefficient (Wildman–Crippen LogP) is 4.06. The van der Waals surface area contributed by atoms with Gasteiger partial charge < -0.3 is 9.47 Å². The monoisotopic (exact) mass is 400 g/mol. The van der Waals surface area contributed by atoms with Crippen molar-refractivity contribution in [3.8, 4) is 5.75 Å². The highest BCUT2D eigenvalue weighted by Gasteiger charge is 2.29. The van der Waals surface area contributed by atoms with E-state index < -0.39 is 6.23 Å². The molecule has 1 heterocycles. The highest BCUT2D eigenvalue weighted by molar-refractivity contribution is 9.10. The number of benzene rings is 2. The van der Waals surface area contributed by atoms with E-state index in [4.69, 9.17) is 9.47 Å². The Hall–Kier alpha value is -2.60. The number of hydrogen-bond acceptors (Lipinski definition) is 4. The summed E-state index contributed by atoms with van der Waals surface area (Å²) >= 11 is 3.42. The molecule has 6 heteroatoms. The van der Waals surface area contributed by atoms with Gasteiger partial charge in [-0.3, -0.25) is 4.79 Å². The molecule has 0 saturated heterocycles. The van der Waals surface area contributed by atoms with E-state index in [-0.39, 0.29) is 12.5 Å². The number of carbonyl (C=O) groups is 1. The predicted molar refractivity (Wildman–Crippen MR) is 99.9 cm³/mol. The SMILES string of the molecule is CC(=O)N1N=C(COc2ccccc2Br)OC1/C=C/c1ccccc1. The van der Waals surface area contributed by atoms with Crippen molar-refractivity contribution in [1.82, 2.24) is 5.01 Å². The molecule has 1 amide bonds. The molecule has 1 aliphatic heterocycles. The molecule has 2 aromatic carbocycles. The van der Waals surface area contributed by atoms with Crippen LogP contribution in [0, 0.1) is 0 Å². The van der Waals surface area contributed by atoms with Crippen LogP contribution in [-0.2, 0) is 9.53 Å². The first-order valence-electron chi connectivity index (χ1n) is 7.78. The van der Waals surface area contributed by atoms with E-state index in [0.717, 1.165) is 10.0 Å². The molecule has 3 rings (SSSR count). The van der Waals surface area contributed by atoms with Gasteiger partial charge in [0.15, 0.2) is 6.61 Å². The first kappa shape index (κ1) is 17.2. The van der Waals surface area contributed by atoms with Crippen LogP contribution in [0.25, 0.3) is 6.08 Å². The van der Waals surface area contributed by atoms with Crippen LogP contribution in [0.1, 0.15) is 12.5 Å². The molecule has 0 radical (unpaired) electrons. The van der Waals surface area contributed by atoms with Gasteiger partial charge in [0.1, 0.15) is 5.75 Å². The number of halogens is 1. The molecule has 0 aromatic heterocycles. The molecule has 128 valence electrons. The molecule has 25 heavy (non-hydrogen) atoms. The van der Waals surface area contributed by atoms with Crippen molar-refractivity contribution in [1.29, 1.82) is 0 Å². The molecule has 0 fully saturated rings. The number of hydrazone groups is 1. The van der Waals surface area contributed by atoms with Gasteiger partial charge in [-0.1, -0.05) is 48.5 Å². The molecular formula is C19H17BrN2O3. The lowest BCUT2D eigenvalue weighted by molar-refractivity contribution is -0.132. The summed E-state index contributed by atoms with van der Waals surface area (Å²) in [4.78, 5) is 11.8. The summed E-state index contributed by atoms with van der Waals surface area (Å²) in [5.74, 6) is 0.846. The summed E-state index contributed by atoms with van der Waals surface area (Å²) in [7, 11) is 0. The second-order valence-electron chi connectivity index (χ2n) is 5.35. The van der Waals surface area contributed by atoms with Gasteiger partial charge in [0.05, 0.1) is 4.47 Å². The highest BCUT2D eigenvalue weighted by atomic mass is 79.9. The van der Waals surface area contributed by atoms with Gasteiger partial charge in [-0.25, -0.2) is 0 Å². The highest BCUT2D eigenvalue weighted by Crippen LogP contribution is 2.24. The minimum absolute atomic E-state index is 0.141. The summed E-state index contributed by atoms with van der Waals surface area (Å²) in [5, 5.41) is 5.52. The number of nitrogens with zero attached hydrogens (tertiary/aromatic N) is 2. The smallest absolute Gasteiger partial charge is 0.247 e. The summed E-state index contributed by atoms with van der Waals surface area (Å²) in [5.41, 5.74) is 1.02. The maximum atomic E-state index is 11.8. The lowest BCUT2D eigenvalue weighted by Gasteiger charge is -2.15. The number of amides is 1. The third kappa shape index (κ3) is 4.48. The first-order valence-corrected chi connectivity index (χ1v) is 8.57. The fraction of sp³-hybridized carbons (Fsp3) is 0.158. The lowest BCUT2D eigenvalue weighted by atomic mass is 10.2. The van der Waals surface area contributed by atoms with E-state index in [1.165, 1.54) is 11.9 Å². The summed E-state index contributed by atoms with van der Waals surface area (Å²) in [6, 6.07) is 17.3. The summed E-state index contributed by atoms with van der Waals surface area (Å²) < 4.78 is 12.3. The molecule has 1 unspecified atom stereocenters. The molecule has 5 nitrogen and oxygen atoms in total. The second-order valence-corrected chi connectivity index (χ2v) is 6.21. The molecule has 0 N–H and O–H groups in total. The largest absolute Gasteiger partial charge is 0.483 e. The molecular weight excluding hydrogens is 384 g/mol. The maximum absolute atomic E-state index is 11.8. The zero-order chi connectivity index (χ0) is 17.6. The zero-order valence-corrected chi connectivity index (χ0v) is 15.2. The van der Waals surface area contributed by atoms with Crippen molar-refractivity contribution in [3.05, 3.63) is 70.7 Å². The van der Waals surface area contributed by atoms with Gasteiger partial charge >= 0.3 is 0 Å². The molecule has 2 aromatic rings. The lowest BCUT2D eigenvalue weighted by Crippen LogP contribution is -2.30. The number of rotatable bonds is 5. The van der Waals surface area contributed by atoms with Crippen LogP contribution in [0.4, 0.5) is 0 Å². The summed E-state index contributed by atoms with van der Waals surface area (Å²) in [6.45, 7) is 1.59. The van der Waals surface area contributed by atoms with Gasteiger partial charge in [-0.05, 0) is 39.7 Å². The Morgan fingerprint density at radius 2 is 1.96 bits per heavy atom. The van der Waals surface area contributed by atoms with E-state index in [9.17, 15) is 4.79 Å². The van der Waals surface area contributed by atoms with Crippen molar-refractivity contribution in [3.63, 3.8) is 0 Å². The van der Waals surface area contributed by atoms with Crippen LogP contribution in [0.2, 0.25) is 0 Å². The van der Waals surface area contributed by atoms with Crippen LogP contribution >= 0.6 is 15.9 Å². The Balaban J connectivity index is 1.66. The zero-order valence-electron chi connectivity index (χ0n) is 13.6. The molecule has 1 aliphatic rings. The van der Waals surface area contributed by atoms with Gasteiger partial charge in [0.25, 0.3) is 0 Å². The van der Waals surface area contributed by atoms with Crippen LogP contribution in [0.5, 0.6) is 5.75 Å².